The first-order chi connectivity index (χ1) is 8.23. The maximum Gasteiger partial charge on any atom is 0.325 e. The third-order valence-electron chi connectivity index (χ3n) is 3.89. The Labute approximate surface area is 109 Å². The fourth-order valence-corrected chi connectivity index (χ4v) is 2.29. The molecule has 0 aromatic rings. The van der Waals surface area contributed by atoms with Gasteiger partial charge in [-0.05, 0) is 38.0 Å². The molecule has 1 fully saturated rings. The number of hydrogen-bond acceptors (Lipinski definition) is 2. The number of aliphatic carboxylic acids is 1. The summed E-state index contributed by atoms with van der Waals surface area (Å²) in [6, 6.07) is -0.923. The van der Waals surface area contributed by atoms with E-state index in [1.807, 2.05) is 0 Å². The minimum absolute atomic E-state index is 0.221. The van der Waals surface area contributed by atoms with Crippen LogP contribution in [0.5, 0.6) is 0 Å². The van der Waals surface area contributed by atoms with Crippen molar-refractivity contribution in [3.63, 3.8) is 0 Å². The molecule has 0 aliphatic heterocycles. The molecule has 1 aliphatic carbocycles. The van der Waals surface area contributed by atoms with Gasteiger partial charge in [0.2, 0.25) is 0 Å². The Kier molecular flexibility index (Phi) is 4.59. The van der Waals surface area contributed by atoms with E-state index < -0.39 is 12.0 Å². The number of carbonyl (C=O) groups excluding carboxylic acids is 1. The zero-order valence-corrected chi connectivity index (χ0v) is 11.7. The molecule has 5 heteroatoms. The molecule has 2 amide bonds. The highest BCUT2D eigenvalue weighted by Gasteiger charge is 2.31. The second-order valence-electron chi connectivity index (χ2n) is 6.02. The first-order valence-corrected chi connectivity index (χ1v) is 6.49. The summed E-state index contributed by atoms with van der Waals surface area (Å²) in [7, 11) is 1.74. The van der Waals surface area contributed by atoms with Crippen LogP contribution in [0.1, 0.15) is 46.5 Å². The van der Waals surface area contributed by atoms with Gasteiger partial charge < -0.3 is 15.3 Å². The van der Waals surface area contributed by atoms with Gasteiger partial charge in [0.15, 0.2) is 0 Å². The molecule has 0 saturated heterocycles. The molecule has 0 radical (unpaired) electrons. The number of hydrogen-bond donors (Lipinski definition) is 2. The van der Waals surface area contributed by atoms with Crippen LogP contribution in [-0.4, -0.2) is 41.1 Å². The van der Waals surface area contributed by atoms with Gasteiger partial charge in [-0.25, -0.2) is 4.79 Å². The van der Waals surface area contributed by atoms with Crippen molar-refractivity contribution in [2.75, 3.05) is 7.05 Å². The molecule has 1 rings (SSSR count). The van der Waals surface area contributed by atoms with Gasteiger partial charge in [0.05, 0.1) is 0 Å². The predicted octanol–water partition coefficient (Wildman–Crippen LogP) is 2.07. The molecule has 1 saturated carbocycles. The monoisotopic (exact) mass is 256 g/mol. The first kappa shape index (κ1) is 14.8. The molecule has 0 aromatic heterocycles. The van der Waals surface area contributed by atoms with Gasteiger partial charge in [-0.2, -0.15) is 0 Å². The lowest BCUT2D eigenvalue weighted by molar-refractivity contribution is -0.138. The van der Waals surface area contributed by atoms with Gasteiger partial charge in [0, 0.05) is 13.1 Å². The van der Waals surface area contributed by atoms with E-state index in [4.69, 9.17) is 5.11 Å². The predicted molar refractivity (Wildman–Crippen MR) is 69.4 cm³/mol. The minimum Gasteiger partial charge on any atom is -0.480 e. The van der Waals surface area contributed by atoms with Crippen molar-refractivity contribution in [3.05, 3.63) is 0 Å². The van der Waals surface area contributed by atoms with Crippen molar-refractivity contribution in [1.82, 2.24) is 10.2 Å². The second kappa shape index (κ2) is 5.59. The summed E-state index contributed by atoms with van der Waals surface area (Å²) in [5, 5.41) is 11.2. The van der Waals surface area contributed by atoms with E-state index in [-0.39, 0.29) is 12.1 Å². The molecule has 104 valence electrons. The summed E-state index contributed by atoms with van der Waals surface area (Å²) in [4.78, 5) is 24.2. The van der Waals surface area contributed by atoms with Crippen LogP contribution < -0.4 is 5.32 Å². The summed E-state index contributed by atoms with van der Waals surface area (Å²) in [5.41, 5.74) is 0.363. The zero-order valence-electron chi connectivity index (χ0n) is 11.7. The lowest BCUT2D eigenvalue weighted by atomic mass is 9.75. The standard InChI is InChI=1S/C13H24N2O3/c1-9(11(16)17)14-12(18)15(4)10-5-7-13(2,3)8-6-10/h9-10H,5-8H2,1-4H3,(H,14,18)(H,16,17)/t9-/m0/s1. The van der Waals surface area contributed by atoms with Gasteiger partial charge in [0.1, 0.15) is 6.04 Å². The topological polar surface area (TPSA) is 69.6 Å². The molecule has 1 atom stereocenters. The Morgan fingerprint density at radius 1 is 1.33 bits per heavy atom. The van der Waals surface area contributed by atoms with Crippen molar-refractivity contribution in [3.8, 4) is 0 Å². The van der Waals surface area contributed by atoms with Gasteiger partial charge in [0.25, 0.3) is 0 Å². The van der Waals surface area contributed by atoms with Crippen molar-refractivity contribution in [1.29, 1.82) is 0 Å². The van der Waals surface area contributed by atoms with Gasteiger partial charge >= 0.3 is 12.0 Å². The molecule has 1 aliphatic rings. The van der Waals surface area contributed by atoms with Crippen LogP contribution >= 0.6 is 0 Å². The highest BCUT2D eigenvalue weighted by molar-refractivity contribution is 5.82. The quantitative estimate of drug-likeness (QED) is 0.812. The van der Waals surface area contributed by atoms with Crippen molar-refractivity contribution in [2.45, 2.75) is 58.5 Å². The van der Waals surface area contributed by atoms with Crippen molar-refractivity contribution >= 4 is 12.0 Å². The summed E-state index contributed by atoms with van der Waals surface area (Å²) >= 11 is 0. The molecule has 18 heavy (non-hydrogen) atoms. The number of carboxylic acid groups (broad SMARTS) is 1. The number of carbonyl (C=O) groups is 2. The minimum atomic E-state index is -1.01. The molecule has 0 bridgehead atoms. The Balaban J connectivity index is 2.47. The highest BCUT2D eigenvalue weighted by atomic mass is 16.4. The Morgan fingerprint density at radius 3 is 2.28 bits per heavy atom. The van der Waals surface area contributed by atoms with Gasteiger partial charge in [-0.15, -0.1) is 0 Å². The largest absolute Gasteiger partial charge is 0.480 e. The number of urea groups is 1. The second-order valence-corrected chi connectivity index (χ2v) is 6.02. The molecule has 0 unspecified atom stereocenters. The van der Waals surface area contributed by atoms with Crippen LogP contribution in [0.4, 0.5) is 4.79 Å². The molecular weight excluding hydrogens is 232 g/mol. The molecule has 0 aromatic carbocycles. The normalized spacial score (nSPS) is 21.1. The highest BCUT2D eigenvalue weighted by Crippen LogP contribution is 2.36. The van der Waals surface area contributed by atoms with Gasteiger partial charge in [-0.3, -0.25) is 4.79 Å². The van der Waals surface area contributed by atoms with E-state index in [0.29, 0.717) is 5.41 Å². The van der Waals surface area contributed by atoms with E-state index in [1.54, 1.807) is 11.9 Å². The lowest BCUT2D eigenvalue weighted by Gasteiger charge is -2.38. The van der Waals surface area contributed by atoms with Crippen LogP contribution in [0.15, 0.2) is 0 Å². The van der Waals surface area contributed by atoms with E-state index in [1.165, 1.54) is 6.92 Å². The number of nitrogens with one attached hydrogen (secondary N) is 1. The average Bonchev–Trinajstić information content (AvgIpc) is 2.27. The van der Waals surface area contributed by atoms with Crippen LogP contribution in [0.25, 0.3) is 0 Å². The molecule has 2 N–H and O–H groups in total. The number of nitrogens with zero attached hydrogens (tertiary/aromatic N) is 1. The summed E-state index contributed by atoms with van der Waals surface area (Å²) < 4.78 is 0. The van der Waals surface area contributed by atoms with Crippen LogP contribution in [-0.2, 0) is 4.79 Å². The number of carboxylic acids is 1. The molecule has 0 spiro atoms. The number of amides is 2. The third kappa shape index (κ3) is 3.89. The van der Waals surface area contributed by atoms with Crippen LogP contribution in [0.2, 0.25) is 0 Å². The molecule has 5 nitrogen and oxygen atoms in total. The lowest BCUT2D eigenvalue weighted by Crippen LogP contribution is -2.49. The van der Waals surface area contributed by atoms with Crippen molar-refractivity contribution < 1.29 is 14.7 Å². The van der Waals surface area contributed by atoms with E-state index in [0.717, 1.165) is 25.7 Å². The Morgan fingerprint density at radius 2 is 1.83 bits per heavy atom. The first-order valence-electron chi connectivity index (χ1n) is 6.49. The Bertz CT molecular complexity index is 318. The SMILES string of the molecule is C[C@H](NC(=O)N(C)C1CCC(C)(C)CC1)C(=O)O. The summed E-state index contributed by atoms with van der Waals surface area (Å²) in [6.07, 6.45) is 4.17. The van der Waals surface area contributed by atoms with E-state index >= 15 is 0 Å². The van der Waals surface area contributed by atoms with Crippen LogP contribution in [0.3, 0.4) is 0 Å². The molecule has 0 heterocycles. The summed E-state index contributed by atoms with van der Waals surface area (Å²) in [5.74, 6) is -1.01. The zero-order chi connectivity index (χ0) is 13.9. The van der Waals surface area contributed by atoms with E-state index in [2.05, 4.69) is 19.2 Å². The maximum absolute atomic E-state index is 11.9. The van der Waals surface area contributed by atoms with Crippen molar-refractivity contribution in [2.24, 2.45) is 5.41 Å². The molecular formula is C13H24N2O3. The Hall–Kier alpha value is -1.26. The number of rotatable bonds is 3. The van der Waals surface area contributed by atoms with E-state index in [9.17, 15) is 9.59 Å². The smallest absolute Gasteiger partial charge is 0.325 e. The fraction of sp³-hybridized carbons (Fsp3) is 0.846. The third-order valence-corrected chi connectivity index (χ3v) is 3.89. The van der Waals surface area contributed by atoms with Crippen LogP contribution in [0, 0.1) is 5.41 Å². The summed E-state index contributed by atoms with van der Waals surface area (Å²) in [6.45, 7) is 5.96. The maximum atomic E-state index is 11.9. The average molecular weight is 256 g/mol. The fourth-order valence-electron chi connectivity index (χ4n) is 2.29. The van der Waals surface area contributed by atoms with Gasteiger partial charge in [-0.1, -0.05) is 13.8 Å².